The highest BCUT2D eigenvalue weighted by Crippen LogP contribution is 2.34. The number of hydrogen-bond donors (Lipinski definition) is 0. The normalized spacial score (nSPS) is 11.2. The number of rotatable bonds is 7. The smallest absolute Gasteiger partial charge is 0.233 e. The van der Waals surface area contributed by atoms with Gasteiger partial charge in [0.1, 0.15) is 0 Å². The lowest BCUT2D eigenvalue weighted by atomic mass is 10.0. The number of nitrogens with zero attached hydrogens (tertiary/aromatic N) is 2. The molecule has 0 N–H and O–H groups in total. The van der Waals surface area contributed by atoms with Crippen molar-refractivity contribution in [3.63, 3.8) is 0 Å². The minimum Gasteiger partial charge on any atom is -0.287 e. The third kappa shape index (κ3) is 4.61. The van der Waals surface area contributed by atoms with Crippen LogP contribution in [-0.2, 0) is 17.6 Å². The third-order valence-corrected chi connectivity index (χ3v) is 7.87. The van der Waals surface area contributed by atoms with Crippen molar-refractivity contribution in [2.75, 3.05) is 17.7 Å². The maximum atomic E-state index is 13.4. The van der Waals surface area contributed by atoms with Crippen molar-refractivity contribution in [2.24, 2.45) is 0 Å². The van der Waals surface area contributed by atoms with Gasteiger partial charge < -0.3 is 0 Å². The minimum atomic E-state index is 0.100. The SMILES string of the molecule is CSc1cccc2sc(N(CCc3cccs3)C(=O)Cc3ccc(C)cc3C)nc12. The first-order valence-electron chi connectivity index (χ1n) is 9.87. The van der Waals surface area contributed by atoms with Crippen molar-refractivity contribution in [3.8, 4) is 0 Å². The maximum Gasteiger partial charge on any atom is 0.233 e. The quantitative estimate of drug-likeness (QED) is 0.300. The third-order valence-electron chi connectivity index (χ3n) is 5.12. The number of carbonyl (C=O) groups excluding carboxylic acids is 1. The van der Waals surface area contributed by atoms with E-state index in [1.54, 1.807) is 34.4 Å². The molecule has 0 saturated heterocycles. The zero-order chi connectivity index (χ0) is 21.1. The number of aryl methyl sites for hydroxylation is 2. The molecule has 3 nitrogen and oxygen atoms in total. The summed E-state index contributed by atoms with van der Waals surface area (Å²) in [6, 6.07) is 16.7. The van der Waals surface area contributed by atoms with E-state index in [2.05, 4.69) is 74.0 Å². The Hall–Kier alpha value is -2.15. The topological polar surface area (TPSA) is 33.2 Å². The number of fused-ring (bicyclic) bond motifs is 1. The van der Waals surface area contributed by atoms with Crippen LogP contribution in [0.4, 0.5) is 5.13 Å². The second-order valence-corrected chi connectivity index (χ2v) is 10.2. The van der Waals surface area contributed by atoms with Gasteiger partial charge in [0.2, 0.25) is 5.91 Å². The lowest BCUT2D eigenvalue weighted by molar-refractivity contribution is -0.118. The van der Waals surface area contributed by atoms with Crippen molar-refractivity contribution >= 4 is 55.7 Å². The van der Waals surface area contributed by atoms with Crippen LogP contribution in [0.1, 0.15) is 21.6 Å². The van der Waals surface area contributed by atoms with Crippen molar-refractivity contribution in [3.05, 3.63) is 75.5 Å². The summed E-state index contributed by atoms with van der Waals surface area (Å²) in [5.41, 5.74) is 4.45. The molecule has 1 amide bonds. The highest BCUT2D eigenvalue weighted by atomic mass is 32.2. The number of thiophene rings is 1. The highest BCUT2D eigenvalue weighted by Gasteiger charge is 2.21. The average molecular weight is 453 g/mol. The van der Waals surface area contributed by atoms with E-state index < -0.39 is 0 Å². The number of hydrogen-bond acceptors (Lipinski definition) is 5. The molecular weight excluding hydrogens is 428 g/mol. The Labute approximate surface area is 189 Å². The van der Waals surface area contributed by atoms with Crippen LogP contribution in [0, 0.1) is 13.8 Å². The predicted octanol–water partition coefficient (Wildman–Crippen LogP) is 6.51. The van der Waals surface area contributed by atoms with Crippen molar-refractivity contribution in [2.45, 2.75) is 31.6 Å². The molecule has 0 fully saturated rings. The number of amides is 1. The van der Waals surface area contributed by atoms with E-state index in [9.17, 15) is 4.79 Å². The molecule has 0 aliphatic rings. The van der Waals surface area contributed by atoms with Gasteiger partial charge in [-0.1, -0.05) is 47.2 Å². The molecule has 0 radical (unpaired) electrons. The Kier molecular flexibility index (Phi) is 6.56. The summed E-state index contributed by atoms with van der Waals surface area (Å²) in [7, 11) is 0. The molecule has 6 heteroatoms. The van der Waals surface area contributed by atoms with Crippen LogP contribution < -0.4 is 4.90 Å². The van der Waals surface area contributed by atoms with Gasteiger partial charge >= 0.3 is 0 Å². The maximum absolute atomic E-state index is 13.4. The first-order valence-corrected chi connectivity index (χ1v) is 12.8. The van der Waals surface area contributed by atoms with E-state index in [1.807, 2.05) is 4.90 Å². The molecule has 0 aliphatic heterocycles. The molecule has 0 atom stereocenters. The van der Waals surface area contributed by atoms with E-state index in [0.29, 0.717) is 13.0 Å². The number of carbonyl (C=O) groups is 1. The summed E-state index contributed by atoms with van der Waals surface area (Å²) in [6.45, 7) is 4.79. The molecule has 0 spiro atoms. The number of aromatic nitrogens is 1. The molecule has 0 unspecified atom stereocenters. The Morgan fingerprint density at radius 3 is 2.73 bits per heavy atom. The summed E-state index contributed by atoms with van der Waals surface area (Å²) >= 11 is 5.03. The molecule has 2 aromatic carbocycles. The molecule has 154 valence electrons. The average Bonchev–Trinajstić information content (AvgIpc) is 3.39. The van der Waals surface area contributed by atoms with Gasteiger partial charge in [0.25, 0.3) is 0 Å². The lowest BCUT2D eigenvalue weighted by Crippen LogP contribution is -2.34. The van der Waals surface area contributed by atoms with Crippen LogP contribution >= 0.6 is 34.4 Å². The van der Waals surface area contributed by atoms with Gasteiger partial charge in [-0.05, 0) is 61.2 Å². The van der Waals surface area contributed by atoms with Gasteiger partial charge in [-0.3, -0.25) is 9.69 Å². The molecular formula is C24H24N2OS3. The largest absolute Gasteiger partial charge is 0.287 e. The van der Waals surface area contributed by atoms with Gasteiger partial charge in [0, 0.05) is 16.3 Å². The lowest BCUT2D eigenvalue weighted by Gasteiger charge is -2.20. The molecule has 2 aromatic heterocycles. The molecule has 0 bridgehead atoms. The van der Waals surface area contributed by atoms with Crippen molar-refractivity contribution in [1.29, 1.82) is 0 Å². The minimum absolute atomic E-state index is 0.100. The van der Waals surface area contributed by atoms with Crippen molar-refractivity contribution < 1.29 is 4.79 Å². The zero-order valence-electron chi connectivity index (χ0n) is 17.3. The monoisotopic (exact) mass is 452 g/mol. The van der Waals surface area contributed by atoms with Gasteiger partial charge in [-0.25, -0.2) is 4.98 Å². The van der Waals surface area contributed by atoms with Gasteiger partial charge in [0.05, 0.1) is 16.6 Å². The van der Waals surface area contributed by atoms with E-state index in [1.165, 1.54) is 10.4 Å². The number of thiazole rings is 1. The fourth-order valence-corrected chi connectivity index (χ4v) is 5.86. The van der Waals surface area contributed by atoms with Crippen LogP contribution in [0.15, 0.2) is 58.8 Å². The van der Waals surface area contributed by atoms with Crippen LogP contribution in [0.3, 0.4) is 0 Å². The van der Waals surface area contributed by atoms with Gasteiger partial charge in [0.15, 0.2) is 5.13 Å². The van der Waals surface area contributed by atoms with Crippen LogP contribution in [0.5, 0.6) is 0 Å². The predicted molar refractivity (Wildman–Crippen MR) is 131 cm³/mol. The van der Waals surface area contributed by atoms with Gasteiger partial charge in [-0.15, -0.1) is 23.1 Å². The Morgan fingerprint density at radius 1 is 1.13 bits per heavy atom. The van der Waals surface area contributed by atoms with Crippen LogP contribution in [-0.4, -0.2) is 23.7 Å². The Bertz CT molecular complexity index is 1160. The Morgan fingerprint density at radius 2 is 2.00 bits per heavy atom. The second kappa shape index (κ2) is 9.33. The molecule has 4 aromatic rings. The molecule has 2 heterocycles. The molecule has 4 rings (SSSR count). The highest BCUT2D eigenvalue weighted by molar-refractivity contribution is 7.98. The number of anilines is 1. The summed E-state index contributed by atoms with van der Waals surface area (Å²) < 4.78 is 1.12. The number of para-hydroxylation sites is 1. The standard InChI is InChI=1S/C24H24N2OS3/c1-16-9-10-18(17(2)14-16)15-22(27)26(12-11-19-6-5-13-29-19)24-25-23-20(28-3)7-4-8-21(23)30-24/h4-10,13-14H,11-12,15H2,1-3H3. The summed E-state index contributed by atoms with van der Waals surface area (Å²) in [4.78, 5) is 22.6. The summed E-state index contributed by atoms with van der Waals surface area (Å²) in [5, 5.41) is 2.87. The van der Waals surface area contributed by atoms with E-state index >= 15 is 0 Å². The van der Waals surface area contributed by atoms with Crippen LogP contribution in [0.25, 0.3) is 10.2 Å². The van der Waals surface area contributed by atoms with E-state index in [0.717, 1.165) is 37.8 Å². The van der Waals surface area contributed by atoms with E-state index in [4.69, 9.17) is 4.98 Å². The summed E-state index contributed by atoms with van der Waals surface area (Å²) in [5.74, 6) is 0.100. The zero-order valence-corrected chi connectivity index (χ0v) is 19.8. The number of benzene rings is 2. The summed E-state index contributed by atoms with van der Waals surface area (Å²) in [6.07, 6.45) is 3.29. The molecule has 0 saturated carbocycles. The van der Waals surface area contributed by atoms with Gasteiger partial charge in [-0.2, -0.15) is 0 Å². The fourth-order valence-electron chi connectivity index (χ4n) is 3.50. The molecule has 0 aliphatic carbocycles. The molecule has 30 heavy (non-hydrogen) atoms. The fraction of sp³-hybridized carbons (Fsp3) is 0.250. The van der Waals surface area contributed by atoms with Crippen molar-refractivity contribution in [1.82, 2.24) is 4.98 Å². The first kappa shape index (κ1) is 21.1. The second-order valence-electron chi connectivity index (χ2n) is 7.28. The first-order chi connectivity index (χ1) is 14.5. The Balaban J connectivity index is 1.65. The number of thioether (sulfide) groups is 1. The van der Waals surface area contributed by atoms with E-state index in [-0.39, 0.29) is 5.91 Å². The van der Waals surface area contributed by atoms with Crippen LogP contribution in [0.2, 0.25) is 0 Å².